The molecule has 1 aromatic heterocycles. The van der Waals surface area contributed by atoms with Crippen LogP contribution in [0.2, 0.25) is 5.02 Å². The molecular formula is C26H30ClN7O4. The Hall–Kier alpha value is -4.22. The normalized spacial score (nSPS) is 10.4. The molecule has 11 nitrogen and oxygen atoms in total. The zero-order chi connectivity index (χ0) is 27.3. The van der Waals surface area contributed by atoms with Crippen molar-refractivity contribution >= 4 is 58.2 Å². The quantitative estimate of drug-likeness (QED) is 0.103. The van der Waals surface area contributed by atoms with Crippen LogP contribution in [0.1, 0.15) is 48.9 Å². The molecule has 38 heavy (non-hydrogen) atoms. The summed E-state index contributed by atoms with van der Waals surface area (Å²) in [6.45, 7) is 0. The summed E-state index contributed by atoms with van der Waals surface area (Å²) in [5.74, 6) is -0.103. The fourth-order valence-electron chi connectivity index (χ4n) is 3.54. The lowest BCUT2D eigenvalue weighted by Crippen LogP contribution is -2.19. The summed E-state index contributed by atoms with van der Waals surface area (Å²) in [7, 11) is 1.56. The van der Waals surface area contributed by atoms with Crippen LogP contribution in [0.5, 0.6) is 0 Å². The number of hydrogen-bond acceptors (Lipinski definition) is 8. The van der Waals surface area contributed by atoms with Crippen molar-refractivity contribution in [1.82, 2.24) is 20.8 Å². The molecule has 0 unspecified atom stereocenters. The smallest absolute Gasteiger partial charge is 0.253 e. The van der Waals surface area contributed by atoms with Crippen LogP contribution in [-0.4, -0.2) is 39.9 Å². The minimum Gasteiger partial charge on any atom is -0.355 e. The lowest BCUT2D eigenvalue weighted by molar-refractivity contribution is -0.129. The molecule has 0 spiro atoms. The van der Waals surface area contributed by atoms with E-state index in [1.54, 1.807) is 61.1 Å². The summed E-state index contributed by atoms with van der Waals surface area (Å²) in [6, 6.07) is 14.1. The molecule has 0 bridgehead atoms. The number of para-hydroxylation sites is 1. The molecule has 200 valence electrons. The Labute approximate surface area is 225 Å². The van der Waals surface area contributed by atoms with Gasteiger partial charge in [0.15, 0.2) is 5.82 Å². The number of hydroxylamine groups is 1. The summed E-state index contributed by atoms with van der Waals surface area (Å²) in [5, 5.41) is 20.4. The zero-order valence-electron chi connectivity index (χ0n) is 20.9. The Morgan fingerprint density at radius 1 is 0.868 bits per heavy atom. The fourth-order valence-corrected chi connectivity index (χ4v) is 3.68. The highest BCUT2D eigenvalue weighted by Gasteiger charge is 2.13. The van der Waals surface area contributed by atoms with E-state index in [-0.39, 0.29) is 23.3 Å². The van der Waals surface area contributed by atoms with Gasteiger partial charge < -0.3 is 21.3 Å². The lowest BCUT2D eigenvalue weighted by Gasteiger charge is -2.13. The molecule has 0 fully saturated rings. The summed E-state index contributed by atoms with van der Waals surface area (Å²) in [4.78, 5) is 44.0. The van der Waals surface area contributed by atoms with Crippen molar-refractivity contribution in [3.8, 4) is 0 Å². The van der Waals surface area contributed by atoms with Crippen molar-refractivity contribution in [2.45, 2.75) is 38.5 Å². The third kappa shape index (κ3) is 8.71. The molecule has 0 aliphatic rings. The average Bonchev–Trinajstić information content (AvgIpc) is 2.93. The Morgan fingerprint density at radius 2 is 1.53 bits per heavy atom. The molecule has 2 aromatic carbocycles. The SMILES string of the molecule is CNC(=O)c1ccccc1Nc1nc(Nc2ccc(NC(=O)CCCCCCC(=O)NO)cc2)ncc1Cl. The third-order valence-corrected chi connectivity index (χ3v) is 5.78. The van der Waals surface area contributed by atoms with Gasteiger partial charge in [0.2, 0.25) is 17.8 Å². The predicted molar refractivity (Wildman–Crippen MR) is 146 cm³/mol. The van der Waals surface area contributed by atoms with Crippen molar-refractivity contribution in [1.29, 1.82) is 0 Å². The van der Waals surface area contributed by atoms with Crippen LogP contribution >= 0.6 is 11.6 Å². The van der Waals surface area contributed by atoms with Crippen LogP contribution in [0.4, 0.5) is 28.8 Å². The number of nitrogens with zero attached hydrogens (tertiary/aromatic N) is 2. The van der Waals surface area contributed by atoms with E-state index < -0.39 is 5.91 Å². The van der Waals surface area contributed by atoms with E-state index in [9.17, 15) is 14.4 Å². The van der Waals surface area contributed by atoms with Crippen molar-refractivity contribution in [3.63, 3.8) is 0 Å². The first-order chi connectivity index (χ1) is 18.4. The molecule has 0 aliphatic heterocycles. The van der Waals surface area contributed by atoms with Crippen LogP contribution in [0.25, 0.3) is 0 Å². The van der Waals surface area contributed by atoms with Crippen LogP contribution in [0, 0.1) is 0 Å². The Balaban J connectivity index is 1.52. The van der Waals surface area contributed by atoms with Gasteiger partial charge in [-0.25, -0.2) is 10.5 Å². The third-order valence-electron chi connectivity index (χ3n) is 5.50. The number of rotatable bonds is 13. The molecule has 0 radical (unpaired) electrons. The van der Waals surface area contributed by atoms with Gasteiger partial charge in [0, 0.05) is 31.3 Å². The molecule has 3 amide bonds. The maximum atomic E-state index is 12.2. The molecule has 6 N–H and O–H groups in total. The number of carbonyl (C=O) groups is 3. The van der Waals surface area contributed by atoms with E-state index in [1.807, 2.05) is 0 Å². The number of anilines is 5. The van der Waals surface area contributed by atoms with Gasteiger partial charge in [0.1, 0.15) is 5.02 Å². The van der Waals surface area contributed by atoms with Crippen molar-refractivity contribution in [2.24, 2.45) is 0 Å². The number of carbonyl (C=O) groups excluding carboxylic acids is 3. The van der Waals surface area contributed by atoms with Gasteiger partial charge in [-0.3, -0.25) is 19.6 Å². The Kier molecular flexibility index (Phi) is 10.8. The number of benzene rings is 2. The van der Waals surface area contributed by atoms with Crippen LogP contribution in [-0.2, 0) is 9.59 Å². The van der Waals surface area contributed by atoms with Gasteiger partial charge in [-0.2, -0.15) is 4.98 Å². The molecular weight excluding hydrogens is 510 g/mol. The molecule has 0 saturated carbocycles. The first-order valence-electron chi connectivity index (χ1n) is 12.1. The maximum absolute atomic E-state index is 12.2. The maximum Gasteiger partial charge on any atom is 0.253 e. The van der Waals surface area contributed by atoms with Gasteiger partial charge in [0.25, 0.3) is 5.91 Å². The first kappa shape index (κ1) is 28.4. The zero-order valence-corrected chi connectivity index (χ0v) is 21.6. The molecule has 0 atom stereocenters. The van der Waals surface area contributed by atoms with Crippen LogP contribution in [0.3, 0.4) is 0 Å². The van der Waals surface area contributed by atoms with Crippen molar-refractivity contribution < 1.29 is 19.6 Å². The van der Waals surface area contributed by atoms with Gasteiger partial charge in [-0.05, 0) is 49.2 Å². The molecule has 3 rings (SSSR count). The van der Waals surface area contributed by atoms with E-state index in [0.29, 0.717) is 53.7 Å². The second-order valence-electron chi connectivity index (χ2n) is 8.34. The summed E-state index contributed by atoms with van der Waals surface area (Å²) < 4.78 is 0. The van der Waals surface area contributed by atoms with Crippen molar-refractivity contribution in [2.75, 3.05) is 23.0 Å². The second-order valence-corrected chi connectivity index (χ2v) is 8.75. The highest BCUT2D eigenvalue weighted by atomic mass is 35.5. The summed E-state index contributed by atoms with van der Waals surface area (Å²) in [5.41, 5.74) is 3.96. The monoisotopic (exact) mass is 539 g/mol. The molecule has 3 aromatic rings. The highest BCUT2D eigenvalue weighted by molar-refractivity contribution is 6.33. The Bertz CT molecular complexity index is 1250. The summed E-state index contributed by atoms with van der Waals surface area (Å²) >= 11 is 6.28. The molecule has 1 heterocycles. The topological polar surface area (TPSA) is 157 Å². The number of amides is 3. The van der Waals surface area contributed by atoms with E-state index in [4.69, 9.17) is 16.8 Å². The van der Waals surface area contributed by atoms with Crippen LogP contribution in [0.15, 0.2) is 54.7 Å². The molecule has 0 saturated heterocycles. The second kappa shape index (κ2) is 14.5. The number of halogens is 1. The average molecular weight is 540 g/mol. The summed E-state index contributed by atoms with van der Waals surface area (Å²) in [6.07, 6.45) is 5.12. The molecule has 12 heteroatoms. The predicted octanol–water partition coefficient (Wildman–Crippen LogP) is 4.76. The number of nitrogens with one attached hydrogen (secondary N) is 5. The number of hydrogen-bond donors (Lipinski definition) is 6. The van der Waals surface area contributed by atoms with E-state index in [0.717, 1.165) is 12.8 Å². The number of aromatic nitrogens is 2. The van der Waals surface area contributed by atoms with Gasteiger partial charge in [0.05, 0.1) is 17.4 Å². The standard InChI is InChI=1S/C26H30ClN7O4/c1-28-25(37)19-8-6-7-9-21(19)32-24-20(27)16-29-26(33-24)31-18-14-12-17(13-15-18)30-22(35)10-4-2-3-5-11-23(36)34-38/h6-9,12-16,38H,2-5,10-11H2,1H3,(H,28,37)(H,30,35)(H,34,36)(H2,29,31,32,33). The van der Waals surface area contributed by atoms with Crippen LogP contribution < -0.4 is 26.7 Å². The fraction of sp³-hybridized carbons (Fsp3) is 0.269. The van der Waals surface area contributed by atoms with Gasteiger partial charge in [-0.1, -0.05) is 36.6 Å². The van der Waals surface area contributed by atoms with E-state index in [2.05, 4.69) is 31.2 Å². The van der Waals surface area contributed by atoms with E-state index >= 15 is 0 Å². The minimum absolute atomic E-state index is 0.0902. The highest BCUT2D eigenvalue weighted by Crippen LogP contribution is 2.27. The Morgan fingerprint density at radius 3 is 2.21 bits per heavy atom. The first-order valence-corrected chi connectivity index (χ1v) is 12.5. The molecule has 0 aliphatic carbocycles. The van der Waals surface area contributed by atoms with Gasteiger partial charge >= 0.3 is 0 Å². The largest absolute Gasteiger partial charge is 0.355 e. The van der Waals surface area contributed by atoms with Gasteiger partial charge in [-0.15, -0.1) is 0 Å². The number of unbranched alkanes of at least 4 members (excludes halogenated alkanes) is 3. The lowest BCUT2D eigenvalue weighted by atomic mass is 10.1. The van der Waals surface area contributed by atoms with E-state index in [1.165, 1.54) is 6.20 Å². The van der Waals surface area contributed by atoms with Crippen molar-refractivity contribution in [3.05, 3.63) is 65.3 Å². The minimum atomic E-state index is -0.399.